The topological polar surface area (TPSA) is 133 Å². The van der Waals surface area contributed by atoms with Crippen molar-refractivity contribution in [3.8, 4) is 0 Å². The van der Waals surface area contributed by atoms with Crippen LogP contribution >= 0.6 is 11.3 Å². The molecule has 3 rings (SSSR count). The summed E-state index contributed by atoms with van der Waals surface area (Å²) < 4.78 is 32.4. The molecule has 9 nitrogen and oxygen atoms in total. The van der Waals surface area contributed by atoms with Gasteiger partial charge in [0.25, 0.3) is 10.0 Å². The predicted octanol–water partition coefficient (Wildman–Crippen LogP) is 2.99. The summed E-state index contributed by atoms with van der Waals surface area (Å²) >= 11 is 1.23. The van der Waals surface area contributed by atoms with E-state index in [2.05, 4.69) is 4.98 Å². The van der Waals surface area contributed by atoms with Crippen LogP contribution in [0.1, 0.15) is 35.7 Å². The maximum absolute atomic E-state index is 12.2. The highest BCUT2D eigenvalue weighted by molar-refractivity contribution is 7.89. The monoisotopic (exact) mass is 449 g/mol. The average Bonchev–Trinajstić information content (AvgIpc) is 3.36. The lowest BCUT2D eigenvalue weighted by Gasteiger charge is -2.18. The number of furan rings is 1. The largest absolute Gasteiger partial charge is 0.453 e. The number of primary sulfonamides is 1. The van der Waals surface area contributed by atoms with Gasteiger partial charge in [-0.15, -0.1) is 11.3 Å². The van der Waals surface area contributed by atoms with Crippen LogP contribution in [0.15, 0.2) is 51.3 Å². The molecule has 0 bridgehead atoms. The summed E-state index contributed by atoms with van der Waals surface area (Å²) in [6.45, 7) is 3.31. The molecule has 3 aromatic rings. The van der Waals surface area contributed by atoms with Gasteiger partial charge in [-0.25, -0.2) is 23.3 Å². The number of hydrogen-bond donors (Lipinski definition) is 1. The second-order valence-electron chi connectivity index (χ2n) is 6.24. The third-order valence-corrected chi connectivity index (χ3v) is 5.72. The number of rotatable bonds is 7. The van der Waals surface area contributed by atoms with Crippen molar-refractivity contribution in [2.45, 2.75) is 32.0 Å². The van der Waals surface area contributed by atoms with Crippen LogP contribution in [0.5, 0.6) is 0 Å². The van der Waals surface area contributed by atoms with Crippen molar-refractivity contribution < 1.29 is 27.2 Å². The highest BCUT2D eigenvalue weighted by Gasteiger charge is 2.21. The van der Waals surface area contributed by atoms with Gasteiger partial charge in [-0.3, -0.25) is 9.69 Å². The molecule has 0 aliphatic rings. The fourth-order valence-corrected chi connectivity index (χ4v) is 3.90. The van der Waals surface area contributed by atoms with Crippen molar-refractivity contribution in [2.75, 3.05) is 4.90 Å². The summed E-state index contributed by atoms with van der Waals surface area (Å²) in [5, 5.41) is 6.51. The van der Waals surface area contributed by atoms with Crippen LogP contribution in [-0.4, -0.2) is 25.3 Å². The third kappa shape index (κ3) is 4.93. The number of amides is 1. The summed E-state index contributed by atoms with van der Waals surface area (Å²) in [6, 6.07) is 9.82. The predicted molar refractivity (Wildman–Crippen MR) is 110 cm³/mol. The Morgan fingerprint density at radius 1 is 1.20 bits per heavy atom. The molecule has 2 heterocycles. The van der Waals surface area contributed by atoms with Crippen LogP contribution in [0.4, 0.5) is 10.8 Å². The number of aromatic nitrogens is 1. The Hall–Kier alpha value is -3.02. The number of benzene rings is 1. The number of aryl methyl sites for hydroxylation is 1. The molecule has 1 aromatic carbocycles. The Labute approximate surface area is 177 Å². The molecule has 0 saturated carbocycles. The Bertz CT molecular complexity index is 1170. The van der Waals surface area contributed by atoms with Crippen LogP contribution in [0.3, 0.4) is 0 Å². The lowest BCUT2D eigenvalue weighted by atomic mass is 10.1. The third-order valence-electron chi connectivity index (χ3n) is 4.06. The van der Waals surface area contributed by atoms with Crippen molar-refractivity contribution in [3.05, 3.63) is 58.8 Å². The van der Waals surface area contributed by atoms with E-state index in [1.807, 2.05) is 31.2 Å². The first-order chi connectivity index (χ1) is 14.2. The van der Waals surface area contributed by atoms with Crippen molar-refractivity contribution in [2.24, 2.45) is 5.14 Å². The summed E-state index contributed by atoms with van der Waals surface area (Å²) in [5.74, 6) is -1.36. The summed E-state index contributed by atoms with van der Waals surface area (Å²) in [6.07, 6.45) is 0.890. The first-order valence-electron chi connectivity index (χ1n) is 8.83. The Morgan fingerprint density at radius 3 is 2.47 bits per heavy atom. The fourth-order valence-electron chi connectivity index (χ4n) is 2.57. The van der Waals surface area contributed by atoms with Gasteiger partial charge in [-0.2, -0.15) is 0 Å². The Kier molecular flexibility index (Phi) is 6.34. The molecule has 0 fully saturated rings. The molecule has 0 aliphatic carbocycles. The number of nitrogens with two attached hydrogens (primary N) is 1. The van der Waals surface area contributed by atoms with Crippen molar-refractivity contribution in [3.63, 3.8) is 0 Å². The zero-order valence-electron chi connectivity index (χ0n) is 16.2. The number of hydrogen-bond acceptors (Lipinski definition) is 8. The molecule has 0 unspecified atom stereocenters. The molecule has 2 aromatic heterocycles. The van der Waals surface area contributed by atoms with Crippen molar-refractivity contribution >= 4 is 44.1 Å². The molecule has 158 valence electrons. The van der Waals surface area contributed by atoms with Crippen molar-refractivity contribution in [1.29, 1.82) is 0 Å². The minimum atomic E-state index is -4.05. The van der Waals surface area contributed by atoms with E-state index in [-0.39, 0.29) is 18.3 Å². The zero-order chi connectivity index (χ0) is 21.9. The van der Waals surface area contributed by atoms with Crippen molar-refractivity contribution in [1.82, 2.24) is 4.98 Å². The standard InChI is InChI=1S/C19H19N3O6S2/c1-3-13-4-6-15(7-5-13)22(12(2)23)19-21-14(11-29-19)10-27-18(24)16-8-9-17(28-16)30(20,25)26/h4-9,11H,3,10H2,1-2H3,(H2,20,25,26). The van der Waals surface area contributed by atoms with E-state index in [1.54, 1.807) is 5.38 Å². The Balaban J connectivity index is 1.70. The molecule has 0 spiro atoms. The molecule has 2 N–H and O–H groups in total. The van der Waals surface area contributed by atoms with Crippen LogP contribution in [-0.2, 0) is 32.6 Å². The quantitative estimate of drug-likeness (QED) is 0.548. The first kappa shape index (κ1) is 21.7. The SMILES string of the molecule is CCc1ccc(N(C(C)=O)c2nc(COC(=O)c3ccc(S(N)(=O)=O)o3)cs2)cc1. The molecule has 0 saturated heterocycles. The highest BCUT2D eigenvalue weighted by atomic mass is 32.2. The van der Waals surface area contributed by atoms with Gasteiger partial charge in [-0.1, -0.05) is 19.1 Å². The van der Waals surface area contributed by atoms with Crippen LogP contribution < -0.4 is 10.0 Å². The van der Waals surface area contributed by atoms with Gasteiger partial charge in [0.1, 0.15) is 6.61 Å². The number of nitrogens with zero attached hydrogens (tertiary/aromatic N) is 2. The molecular weight excluding hydrogens is 430 g/mol. The van der Waals surface area contributed by atoms with Gasteiger partial charge in [0.2, 0.25) is 16.8 Å². The summed E-state index contributed by atoms with van der Waals surface area (Å²) in [7, 11) is -4.05. The lowest BCUT2D eigenvalue weighted by molar-refractivity contribution is -0.115. The number of carbonyl (C=O) groups excluding carboxylic acids is 2. The number of thiazole rings is 1. The molecular formula is C19H19N3O6S2. The van der Waals surface area contributed by atoms with Gasteiger partial charge < -0.3 is 9.15 Å². The summed E-state index contributed by atoms with van der Waals surface area (Å²) in [5.41, 5.74) is 2.26. The molecule has 0 aliphatic heterocycles. The molecule has 30 heavy (non-hydrogen) atoms. The number of anilines is 2. The second-order valence-corrected chi connectivity index (χ2v) is 8.56. The van der Waals surface area contributed by atoms with Crippen LogP contribution in [0, 0.1) is 0 Å². The zero-order valence-corrected chi connectivity index (χ0v) is 17.8. The average molecular weight is 450 g/mol. The van der Waals surface area contributed by atoms with Crippen LogP contribution in [0.25, 0.3) is 0 Å². The van der Waals surface area contributed by atoms with Gasteiger partial charge in [0, 0.05) is 12.3 Å². The van der Waals surface area contributed by atoms with Gasteiger partial charge in [0.05, 0.1) is 11.4 Å². The van der Waals surface area contributed by atoms with Gasteiger partial charge >= 0.3 is 5.97 Å². The van der Waals surface area contributed by atoms with E-state index in [0.717, 1.165) is 24.1 Å². The number of carbonyl (C=O) groups is 2. The fraction of sp³-hybridized carbons (Fsp3) is 0.211. The molecule has 11 heteroatoms. The van der Waals surface area contributed by atoms with E-state index in [1.165, 1.54) is 23.2 Å². The number of sulfonamides is 1. The number of ether oxygens (including phenoxy) is 1. The maximum atomic E-state index is 12.2. The van der Waals surface area contributed by atoms with E-state index < -0.39 is 21.1 Å². The van der Waals surface area contributed by atoms with Crippen LogP contribution in [0.2, 0.25) is 0 Å². The molecule has 0 atom stereocenters. The smallest absolute Gasteiger partial charge is 0.374 e. The normalized spacial score (nSPS) is 11.3. The maximum Gasteiger partial charge on any atom is 0.374 e. The highest BCUT2D eigenvalue weighted by Crippen LogP contribution is 2.29. The minimum absolute atomic E-state index is 0.179. The van der Waals surface area contributed by atoms with E-state index >= 15 is 0 Å². The Morgan fingerprint density at radius 2 is 1.90 bits per heavy atom. The molecule has 0 radical (unpaired) electrons. The minimum Gasteiger partial charge on any atom is -0.453 e. The van der Waals surface area contributed by atoms with E-state index in [0.29, 0.717) is 16.5 Å². The molecule has 1 amide bonds. The van der Waals surface area contributed by atoms with Gasteiger partial charge in [0.15, 0.2) is 5.13 Å². The van der Waals surface area contributed by atoms with Gasteiger partial charge in [-0.05, 0) is 36.2 Å². The number of esters is 1. The van der Waals surface area contributed by atoms with E-state index in [4.69, 9.17) is 14.3 Å². The summed E-state index contributed by atoms with van der Waals surface area (Å²) in [4.78, 5) is 30.1. The first-order valence-corrected chi connectivity index (χ1v) is 11.3. The lowest BCUT2D eigenvalue weighted by Crippen LogP contribution is -2.22. The second kappa shape index (κ2) is 8.78. The van der Waals surface area contributed by atoms with E-state index in [9.17, 15) is 18.0 Å².